The highest BCUT2D eigenvalue weighted by molar-refractivity contribution is 5.91. The van der Waals surface area contributed by atoms with Crippen LogP contribution in [-0.4, -0.2) is 26.1 Å². The summed E-state index contributed by atoms with van der Waals surface area (Å²) in [6, 6.07) is 0. The normalized spacial score (nSPS) is 10.2. The Labute approximate surface area is 98.5 Å². The molecule has 0 saturated heterocycles. The Hall–Kier alpha value is -2.24. The van der Waals surface area contributed by atoms with E-state index in [2.05, 4.69) is 25.5 Å². The topological polar surface area (TPSA) is 83.6 Å². The molecule has 0 radical (unpaired) electrons. The van der Waals surface area contributed by atoms with Crippen molar-refractivity contribution in [2.24, 2.45) is 0 Å². The zero-order valence-electron chi connectivity index (χ0n) is 9.69. The number of rotatable bonds is 3. The SMILES string of the molecule is Cc1n[nH]c(C)c1CNC(=O)c1cnccn1. The molecule has 2 rings (SSSR count). The number of aromatic amines is 1. The summed E-state index contributed by atoms with van der Waals surface area (Å²) < 4.78 is 0. The average Bonchev–Trinajstić information content (AvgIpc) is 2.67. The van der Waals surface area contributed by atoms with Gasteiger partial charge in [0.2, 0.25) is 0 Å². The summed E-state index contributed by atoms with van der Waals surface area (Å²) in [4.78, 5) is 19.5. The molecule has 0 aliphatic rings. The van der Waals surface area contributed by atoms with Gasteiger partial charge < -0.3 is 5.32 Å². The fourth-order valence-corrected chi connectivity index (χ4v) is 1.51. The lowest BCUT2D eigenvalue weighted by molar-refractivity contribution is 0.0945. The van der Waals surface area contributed by atoms with Crippen LogP contribution in [0, 0.1) is 13.8 Å². The third kappa shape index (κ3) is 2.47. The third-order valence-electron chi connectivity index (χ3n) is 2.50. The van der Waals surface area contributed by atoms with Crippen LogP contribution in [-0.2, 0) is 6.54 Å². The molecular weight excluding hydrogens is 218 g/mol. The largest absolute Gasteiger partial charge is 0.346 e. The third-order valence-corrected chi connectivity index (χ3v) is 2.50. The van der Waals surface area contributed by atoms with Gasteiger partial charge in [-0.25, -0.2) is 4.98 Å². The first-order valence-corrected chi connectivity index (χ1v) is 5.23. The Kier molecular flexibility index (Phi) is 3.13. The van der Waals surface area contributed by atoms with Gasteiger partial charge in [-0.2, -0.15) is 5.10 Å². The molecular formula is C11H13N5O. The number of nitrogens with zero attached hydrogens (tertiary/aromatic N) is 3. The van der Waals surface area contributed by atoms with E-state index in [1.807, 2.05) is 13.8 Å². The van der Waals surface area contributed by atoms with Crippen molar-refractivity contribution in [1.29, 1.82) is 0 Å². The Bertz CT molecular complexity index is 500. The van der Waals surface area contributed by atoms with Crippen molar-refractivity contribution in [3.05, 3.63) is 41.2 Å². The number of H-pyrrole nitrogens is 1. The number of aromatic nitrogens is 4. The molecule has 0 bridgehead atoms. The van der Waals surface area contributed by atoms with Crippen molar-refractivity contribution < 1.29 is 4.79 Å². The molecule has 0 aliphatic carbocycles. The lowest BCUT2D eigenvalue weighted by atomic mass is 10.2. The van der Waals surface area contributed by atoms with Gasteiger partial charge in [0.15, 0.2) is 0 Å². The predicted octanol–water partition coefficient (Wildman–Crippen LogP) is 0.747. The van der Waals surface area contributed by atoms with Crippen molar-refractivity contribution in [1.82, 2.24) is 25.5 Å². The van der Waals surface area contributed by atoms with Crippen molar-refractivity contribution in [3.8, 4) is 0 Å². The van der Waals surface area contributed by atoms with Crippen LogP contribution in [0.3, 0.4) is 0 Å². The summed E-state index contributed by atoms with van der Waals surface area (Å²) >= 11 is 0. The Morgan fingerprint density at radius 2 is 2.24 bits per heavy atom. The lowest BCUT2D eigenvalue weighted by Gasteiger charge is -2.04. The van der Waals surface area contributed by atoms with Gasteiger partial charge in [-0.15, -0.1) is 0 Å². The van der Waals surface area contributed by atoms with Gasteiger partial charge in [0.05, 0.1) is 11.9 Å². The molecule has 0 fully saturated rings. The number of aryl methyl sites for hydroxylation is 2. The van der Waals surface area contributed by atoms with Gasteiger partial charge in [0.1, 0.15) is 5.69 Å². The number of carbonyl (C=O) groups excluding carboxylic acids is 1. The predicted molar refractivity (Wildman–Crippen MR) is 61.3 cm³/mol. The highest BCUT2D eigenvalue weighted by Crippen LogP contribution is 2.08. The van der Waals surface area contributed by atoms with Crippen LogP contribution in [0.25, 0.3) is 0 Å². The van der Waals surface area contributed by atoms with Crippen LogP contribution >= 0.6 is 0 Å². The van der Waals surface area contributed by atoms with E-state index >= 15 is 0 Å². The van der Waals surface area contributed by atoms with Crippen molar-refractivity contribution >= 4 is 5.91 Å². The molecule has 1 amide bonds. The summed E-state index contributed by atoms with van der Waals surface area (Å²) in [5, 5.41) is 9.72. The quantitative estimate of drug-likeness (QED) is 0.816. The molecule has 2 N–H and O–H groups in total. The van der Waals surface area contributed by atoms with Crippen molar-refractivity contribution in [2.45, 2.75) is 20.4 Å². The summed E-state index contributed by atoms with van der Waals surface area (Å²) in [5.74, 6) is -0.238. The van der Waals surface area contributed by atoms with Gasteiger partial charge in [0.25, 0.3) is 5.91 Å². The zero-order valence-corrected chi connectivity index (χ0v) is 9.69. The van der Waals surface area contributed by atoms with Crippen LogP contribution in [0.2, 0.25) is 0 Å². The maximum atomic E-state index is 11.7. The number of nitrogens with one attached hydrogen (secondary N) is 2. The molecule has 6 heteroatoms. The van der Waals surface area contributed by atoms with Crippen LogP contribution in [0.15, 0.2) is 18.6 Å². The van der Waals surface area contributed by atoms with Gasteiger partial charge in [0, 0.05) is 30.2 Å². The van der Waals surface area contributed by atoms with Crippen LogP contribution in [0.5, 0.6) is 0 Å². The first-order valence-electron chi connectivity index (χ1n) is 5.23. The number of hydrogen-bond donors (Lipinski definition) is 2. The van der Waals surface area contributed by atoms with Crippen molar-refractivity contribution in [2.75, 3.05) is 0 Å². The second-order valence-electron chi connectivity index (χ2n) is 3.69. The number of carbonyl (C=O) groups is 1. The highest BCUT2D eigenvalue weighted by Gasteiger charge is 2.10. The molecule has 2 aromatic rings. The van der Waals surface area contributed by atoms with Gasteiger partial charge in [-0.05, 0) is 13.8 Å². The van der Waals surface area contributed by atoms with Crippen molar-refractivity contribution in [3.63, 3.8) is 0 Å². The minimum absolute atomic E-state index is 0.238. The number of amides is 1. The van der Waals surface area contributed by atoms with Crippen LogP contribution < -0.4 is 5.32 Å². The molecule has 0 aromatic carbocycles. The standard InChI is InChI=1S/C11H13N5O/c1-7-9(8(2)16-15-7)5-14-11(17)10-6-12-3-4-13-10/h3-4,6H,5H2,1-2H3,(H,14,17)(H,15,16). The lowest BCUT2D eigenvalue weighted by Crippen LogP contribution is -2.24. The Balaban J connectivity index is 2.02. The second kappa shape index (κ2) is 4.73. The molecule has 0 unspecified atom stereocenters. The first-order chi connectivity index (χ1) is 8.18. The molecule has 2 aromatic heterocycles. The van der Waals surface area contributed by atoms with Gasteiger partial charge in [-0.3, -0.25) is 14.9 Å². The van der Waals surface area contributed by atoms with Crippen LogP contribution in [0.4, 0.5) is 0 Å². The first kappa shape index (κ1) is 11.3. The fourth-order valence-electron chi connectivity index (χ4n) is 1.51. The van der Waals surface area contributed by atoms with E-state index in [1.54, 1.807) is 0 Å². The van der Waals surface area contributed by atoms with E-state index in [0.717, 1.165) is 17.0 Å². The number of hydrogen-bond acceptors (Lipinski definition) is 4. The highest BCUT2D eigenvalue weighted by atomic mass is 16.1. The second-order valence-corrected chi connectivity index (χ2v) is 3.69. The van der Waals surface area contributed by atoms with E-state index < -0.39 is 0 Å². The molecule has 17 heavy (non-hydrogen) atoms. The van der Waals surface area contributed by atoms with E-state index in [1.165, 1.54) is 18.6 Å². The van der Waals surface area contributed by atoms with Gasteiger partial charge >= 0.3 is 0 Å². The Morgan fingerprint density at radius 3 is 2.82 bits per heavy atom. The summed E-state index contributed by atoms with van der Waals surface area (Å²) in [6.45, 7) is 4.25. The minimum Gasteiger partial charge on any atom is -0.346 e. The molecule has 0 atom stereocenters. The zero-order chi connectivity index (χ0) is 12.3. The van der Waals surface area contributed by atoms with E-state index in [-0.39, 0.29) is 5.91 Å². The summed E-state index contributed by atoms with van der Waals surface area (Å²) in [7, 11) is 0. The van der Waals surface area contributed by atoms with E-state index in [0.29, 0.717) is 12.2 Å². The summed E-state index contributed by atoms with van der Waals surface area (Å²) in [6.07, 6.45) is 4.45. The monoisotopic (exact) mass is 231 g/mol. The smallest absolute Gasteiger partial charge is 0.271 e. The van der Waals surface area contributed by atoms with Crippen LogP contribution in [0.1, 0.15) is 27.4 Å². The fraction of sp³-hybridized carbons (Fsp3) is 0.273. The minimum atomic E-state index is -0.238. The molecule has 0 spiro atoms. The maximum Gasteiger partial charge on any atom is 0.271 e. The average molecular weight is 231 g/mol. The molecule has 2 heterocycles. The molecule has 0 aliphatic heterocycles. The van der Waals surface area contributed by atoms with E-state index in [4.69, 9.17) is 0 Å². The summed E-state index contributed by atoms with van der Waals surface area (Å²) in [5.41, 5.74) is 3.16. The molecule has 88 valence electrons. The Morgan fingerprint density at radius 1 is 1.41 bits per heavy atom. The van der Waals surface area contributed by atoms with Gasteiger partial charge in [-0.1, -0.05) is 0 Å². The maximum absolute atomic E-state index is 11.7. The molecule has 6 nitrogen and oxygen atoms in total. The molecule has 0 saturated carbocycles. The van der Waals surface area contributed by atoms with E-state index in [9.17, 15) is 4.79 Å².